The Balaban J connectivity index is 2.64. The van der Waals surface area contributed by atoms with Gasteiger partial charge in [0.2, 0.25) is 0 Å². The van der Waals surface area contributed by atoms with Crippen LogP contribution in [0, 0.1) is 0 Å². The summed E-state index contributed by atoms with van der Waals surface area (Å²) in [6, 6.07) is 7.16. The quantitative estimate of drug-likeness (QED) is 0.766. The summed E-state index contributed by atoms with van der Waals surface area (Å²) in [5.41, 5.74) is 0.883. The molecule has 0 radical (unpaired) electrons. The average Bonchev–Trinajstić information content (AvgIpc) is 2.21. The second-order valence-corrected chi connectivity index (χ2v) is 3.23. The molecular formula is C10H13ClO3. The molecule has 0 aromatic heterocycles. The molecule has 1 aromatic carbocycles. The summed E-state index contributed by atoms with van der Waals surface area (Å²) >= 11 is 5.74. The maximum atomic E-state index is 9.06. The lowest BCUT2D eigenvalue weighted by atomic mass is 10.1. The van der Waals surface area contributed by atoms with Crippen molar-refractivity contribution in [3.63, 3.8) is 0 Å². The highest BCUT2D eigenvalue weighted by molar-refractivity contribution is 6.30. The second kappa shape index (κ2) is 5.98. The zero-order valence-electron chi connectivity index (χ0n) is 7.94. The highest BCUT2D eigenvalue weighted by Crippen LogP contribution is 2.19. The van der Waals surface area contributed by atoms with Crippen molar-refractivity contribution in [2.75, 3.05) is 20.5 Å². The van der Waals surface area contributed by atoms with Crippen molar-refractivity contribution in [3.05, 3.63) is 34.9 Å². The Morgan fingerprint density at radius 2 is 2.00 bits per heavy atom. The summed E-state index contributed by atoms with van der Waals surface area (Å²) in [4.78, 5) is 0. The van der Waals surface area contributed by atoms with Crippen molar-refractivity contribution in [2.45, 2.75) is 6.10 Å². The van der Waals surface area contributed by atoms with E-state index >= 15 is 0 Å². The molecule has 0 saturated heterocycles. The number of hydrogen-bond acceptors (Lipinski definition) is 3. The zero-order chi connectivity index (χ0) is 10.4. The third-order valence-electron chi connectivity index (χ3n) is 1.79. The zero-order valence-corrected chi connectivity index (χ0v) is 8.70. The van der Waals surface area contributed by atoms with E-state index in [2.05, 4.69) is 0 Å². The van der Waals surface area contributed by atoms with Gasteiger partial charge >= 0.3 is 0 Å². The van der Waals surface area contributed by atoms with Crippen LogP contribution in [-0.2, 0) is 9.47 Å². The molecule has 0 spiro atoms. The van der Waals surface area contributed by atoms with Crippen LogP contribution in [0.15, 0.2) is 24.3 Å². The normalized spacial score (nSPS) is 12.8. The molecule has 0 saturated carbocycles. The third kappa shape index (κ3) is 3.27. The lowest BCUT2D eigenvalue weighted by molar-refractivity contribution is -0.0888. The molecule has 4 heteroatoms. The van der Waals surface area contributed by atoms with E-state index in [1.54, 1.807) is 12.1 Å². The van der Waals surface area contributed by atoms with E-state index in [0.29, 0.717) is 5.02 Å². The first kappa shape index (κ1) is 11.5. The number of hydrogen-bond donors (Lipinski definition) is 1. The van der Waals surface area contributed by atoms with Crippen molar-refractivity contribution in [3.8, 4) is 0 Å². The van der Waals surface area contributed by atoms with Crippen LogP contribution in [0.2, 0.25) is 5.02 Å². The SMILES string of the molecule is COCOC(CO)c1ccc(Cl)cc1. The van der Waals surface area contributed by atoms with Gasteiger partial charge in [-0.1, -0.05) is 23.7 Å². The lowest BCUT2D eigenvalue weighted by Gasteiger charge is -2.14. The topological polar surface area (TPSA) is 38.7 Å². The van der Waals surface area contributed by atoms with Gasteiger partial charge in [-0.2, -0.15) is 0 Å². The van der Waals surface area contributed by atoms with Gasteiger partial charge in [0.25, 0.3) is 0 Å². The maximum absolute atomic E-state index is 9.06. The molecule has 78 valence electrons. The number of aliphatic hydroxyl groups is 1. The van der Waals surface area contributed by atoms with Crippen molar-refractivity contribution in [2.24, 2.45) is 0 Å². The number of rotatable bonds is 5. The Hall–Kier alpha value is -0.610. The number of benzene rings is 1. The van der Waals surface area contributed by atoms with E-state index in [1.807, 2.05) is 12.1 Å². The second-order valence-electron chi connectivity index (χ2n) is 2.80. The van der Waals surface area contributed by atoms with Crippen molar-refractivity contribution in [1.29, 1.82) is 0 Å². The monoisotopic (exact) mass is 216 g/mol. The number of ether oxygens (including phenoxy) is 2. The van der Waals surface area contributed by atoms with Crippen molar-refractivity contribution in [1.82, 2.24) is 0 Å². The molecule has 0 fully saturated rings. The highest BCUT2D eigenvalue weighted by Gasteiger charge is 2.09. The molecule has 0 aliphatic heterocycles. The van der Waals surface area contributed by atoms with Gasteiger partial charge < -0.3 is 14.6 Å². The fourth-order valence-electron chi connectivity index (χ4n) is 1.08. The Morgan fingerprint density at radius 3 is 2.50 bits per heavy atom. The van der Waals surface area contributed by atoms with E-state index in [4.69, 9.17) is 26.2 Å². The summed E-state index contributed by atoms with van der Waals surface area (Å²) < 4.78 is 10.0. The van der Waals surface area contributed by atoms with E-state index in [0.717, 1.165) is 5.56 Å². The van der Waals surface area contributed by atoms with Crippen LogP contribution in [0.25, 0.3) is 0 Å². The van der Waals surface area contributed by atoms with Gasteiger partial charge in [0.15, 0.2) is 0 Å². The van der Waals surface area contributed by atoms with Gasteiger partial charge in [-0.3, -0.25) is 0 Å². The minimum atomic E-state index is -0.354. The van der Waals surface area contributed by atoms with Gasteiger partial charge in [0, 0.05) is 12.1 Å². The summed E-state index contributed by atoms with van der Waals surface area (Å²) in [5.74, 6) is 0. The van der Waals surface area contributed by atoms with Gasteiger partial charge in [0.1, 0.15) is 12.9 Å². The predicted molar refractivity (Wildman–Crippen MR) is 54.2 cm³/mol. The van der Waals surface area contributed by atoms with Gasteiger partial charge in [0.05, 0.1) is 6.61 Å². The molecule has 1 N–H and O–H groups in total. The average molecular weight is 217 g/mol. The first-order chi connectivity index (χ1) is 6.77. The largest absolute Gasteiger partial charge is 0.393 e. The van der Waals surface area contributed by atoms with Crippen molar-refractivity contribution < 1.29 is 14.6 Å². The van der Waals surface area contributed by atoms with Crippen LogP contribution in [0.3, 0.4) is 0 Å². The summed E-state index contributed by atoms with van der Waals surface area (Å²) in [6.07, 6.45) is -0.354. The number of aliphatic hydroxyl groups excluding tert-OH is 1. The molecule has 14 heavy (non-hydrogen) atoms. The maximum Gasteiger partial charge on any atom is 0.147 e. The highest BCUT2D eigenvalue weighted by atomic mass is 35.5. The van der Waals surface area contributed by atoms with E-state index in [9.17, 15) is 0 Å². The van der Waals surface area contributed by atoms with Crippen LogP contribution < -0.4 is 0 Å². The standard InChI is InChI=1S/C10H13ClO3/c1-13-7-14-10(6-12)8-2-4-9(11)5-3-8/h2-5,10,12H,6-7H2,1H3. The summed E-state index contributed by atoms with van der Waals surface area (Å²) in [7, 11) is 1.54. The molecule has 1 atom stereocenters. The number of methoxy groups -OCH3 is 1. The van der Waals surface area contributed by atoms with E-state index in [-0.39, 0.29) is 19.5 Å². The van der Waals surface area contributed by atoms with Crippen LogP contribution >= 0.6 is 11.6 Å². The van der Waals surface area contributed by atoms with Gasteiger partial charge in [-0.05, 0) is 17.7 Å². The first-order valence-corrected chi connectivity index (χ1v) is 4.62. The van der Waals surface area contributed by atoms with Crippen LogP contribution in [0.5, 0.6) is 0 Å². The Labute approximate surface area is 88.2 Å². The molecule has 1 unspecified atom stereocenters. The molecule has 0 aliphatic rings. The van der Waals surface area contributed by atoms with Gasteiger partial charge in [-0.15, -0.1) is 0 Å². The molecule has 0 bridgehead atoms. The molecular weight excluding hydrogens is 204 g/mol. The van der Waals surface area contributed by atoms with Crippen LogP contribution in [0.4, 0.5) is 0 Å². The fraction of sp³-hybridized carbons (Fsp3) is 0.400. The Morgan fingerprint density at radius 1 is 1.36 bits per heavy atom. The van der Waals surface area contributed by atoms with E-state index in [1.165, 1.54) is 7.11 Å². The van der Waals surface area contributed by atoms with E-state index < -0.39 is 0 Å². The molecule has 1 rings (SSSR count). The van der Waals surface area contributed by atoms with Crippen LogP contribution in [-0.4, -0.2) is 25.6 Å². The summed E-state index contributed by atoms with van der Waals surface area (Å²) in [6.45, 7) is 0.0822. The summed E-state index contributed by atoms with van der Waals surface area (Å²) in [5, 5.41) is 9.73. The smallest absolute Gasteiger partial charge is 0.147 e. The first-order valence-electron chi connectivity index (χ1n) is 4.24. The number of halogens is 1. The molecule has 1 aromatic rings. The minimum absolute atomic E-state index is 0.0784. The van der Waals surface area contributed by atoms with Crippen LogP contribution in [0.1, 0.15) is 11.7 Å². The fourth-order valence-corrected chi connectivity index (χ4v) is 1.21. The predicted octanol–water partition coefficient (Wildman–Crippen LogP) is 1.99. The lowest BCUT2D eigenvalue weighted by Crippen LogP contribution is -2.10. The molecule has 0 amide bonds. The van der Waals surface area contributed by atoms with Gasteiger partial charge in [-0.25, -0.2) is 0 Å². The molecule has 0 heterocycles. The molecule has 0 aliphatic carbocycles. The molecule has 3 nitrogen and oxygen atoms in total. The third-order valence-corrected chi connectivity index (χ3v) is 2.05. The Bertz CT molecular complexity index is 261. The van der Waals surface area contributed by atoms with Crippen molar-refractivity contribution >= 4 is 11.6 Å². The minimum Gasteiger partial charge on any atom is -0.393 e. The Kier molecular flexibility index (Phi) is 4.90.